The number of nitrogens with two attached hydrogens (primary N) is 1. The smallest absolute Gasteiger partial charge is 0.0462 e. The van der Waals surface area contributed by atoms with Gasteiger partial charge in [-0.05, 0) is 50.9 Å². The molecule has 0 atom stereocenters. The van der Waals surface area contributed by atoms with Crippen molar-refractivity contribution in [3.05, 3.63) is 0 Å². The lowest BCUT2D eigenvalue weighted by molar-refractivity contribution is 0.177. The van der Waals surface area contributed by atoms with Crippen molar-refractivity contribution in [1.82, 2.24) is 0 Å². The lowest BCUT2D eigenvalue weighted by Gasteiger charge is -2.37. The van der Waals surface area contributed by atoms with Gasteiger partial charge in [0.05, 0.1) is 0 Å². The number of rotatable bonds is 6. The molecule has 0 bridgehead atoms. The second-order valence-electron chi connectivity index (χ2n) is 5.16. The fourth-order valence-electron chi connectivity index (χ4n) is 2.63. The first-order chi connectivity index (χ1) is 7.20. The summed E-state index contributed by atoms with van der Waals surface area (Å²) in [6.07, 6.45) is 10.1. The molecule has 0 radical (unpaired) electrons. The molecular formula is C13H27NO. The molecule has 0 heterocycles. The average Bonchev–Trinajstić information content (AvgIpc) is 2.26. The Labute approximate surface area is 94.6 Å². The Kier molecular flexibility index (Phi) is 5.62. The number of hydrogen-bond acceptors (Lipinski definition) is 2. The summed E-state index contributed by atoms with van der Waals surface area (Å²) >= 11 is 0. The molecule has 2 heteroatoms. The summed E-state index contributed by atoms with van der Waals surface area (Å²) in [5.41, 5.74) is 6.57. The Hall–Kier alpha value is -0.0800. The zero-order valence-electron chi connectivity index (χ0n) is 10.4. The van der Waals surface area contributed by atoms with E-state index in [1.807, 2.05) is 0 Å². The summed E-state index contributed by atoms with van der Waals surface area (Å²) in [6, 6.07) is 0. The monoisotopic (exact) mass is 213 g/mol. The van der Waals surface area contributed by atoms with E-state index in [-0.39, 0.29) is 5.54 Å². The van der Waals surface area contributed by atoms with Gasteiger partial charge in [0, 0.05) is 19.3 Å². The predicted molar refractivity (Wildman–Crippen MR) is 64.9 cm³/mol. The second-order valence-corrected chi connectivity index (χ2v) is 5.16. The highest BCUT2D eigenvalue weighted by Gasteiger charge is 2.30. The summed E-state index contributed by atoms with van der Waals surface area (Å²) in [5.74, 6) is 0.945. The van der Waals surface area contributed by atoms with Crippen LogP contribution in [-0.2, 0) is 4.74 Å². The summed E-state index contributed by atoms with van der Waals surface area (Å²) in [6.45, 7) is 3.18. The molecule has 1 rings (SSSR count). The van der Waals surface area contributed by atoms with E-state index in [9.17, 15) is 0 Å². The second kappa shape index (κ2) is 6.49. The van der Waals surface area contributed by atoms with Crippen LogP contribution < -0.4 is 5.73 Å². The summed E-state index contributed by atoms with van der Waals surface area (Å²) < 4.78 is 5.06. The van der Waals surface area contributed by atoms with Gasteiger partial charge >= 0.3 is 0 Å². The number of methoxy groups -OCH3 is 1. The minimum atomic E-state index is 0.152. The Morgan fingerprint density at radius 2 is 1.93 bits per heavy atom. The standard InChI is InChI=1S/C13H27NO/c1-3-12-6-9-13(14,10-7-12)8-4-5-11-15-2/h12H,3-11,14H2,1-2H3. The van der Waals surface area contributed by atoms with Crippen molar-refractivity contribution in [2.45, 2.75) is 63.8 Å². The van der Waals surface area contributed by atoms with Crippen LogP contribution in [0.5, 0.6) is 0 Å². The van der Waals surface area contributed by atoms with Gasteiger partial charge in [0.15, 0.2) is 0 Å². The highest BCUT2D eigenvalue weighted by Crippen LogP contribution is 2.34. The van der Waals surface area contributed by atoms with Gasteiger partial charge in [-0.1, -0.05) is 13.3 Å². The third-order valence-corrected chi connectivity index (χ3v) is 3.95. The fourth-order valence-corrected chi connectivity index (χ4v) is 2.63. The maximum Gasteiger partial charge on any atom is 0.0462 e. The molecule has 1 saturated carbocycles. The van der Waals surface area contributed by atoms with E-state index in [0.717, 1.165) is 18.9 Å². The van der Waals surface area contributed by atoms with Crippen LogP contribution in [0, 0.1) is 5.92 Å². The summed E-state index contributed by atoms with van der Waals surface area (Å²) in [5, 5.41) is 0. The van der Waals surface area contributed by atoms with Crippen molar-refractivity contribution >= 4 is 0 Å². The molecule has 1 fully saturated rings. The number of hydrogen-bond donors (Lipinski definition) is 1. The predicted octanol–water partition coefficient (Wildman–Crippen LogP) is 3.10. The van der Waals surface area contributed by atoms with E-state index < -0.39 is 0 Å². The molecule has 2 nitrogen and oxygen atoms in total. The van der Waals surface area contributed by atoms with E-state index >= 15 is 0 Å². The van der Waals surface area contributed by atoms with E-state index in [1.165, 1.54) is 44.9 Å². The maximum atomic E-state index is 6.42. The largest absolute Gasteiger partial charge is 0.385 e. The van der Waals surface area contributed by atoms with Gasteiger partial charge in [-0.3, -0.25) is 0 Å². The third-order valence-electron chi connectivity index (χ3n) is 3.95. The summed E-state index contributed by atoms with van der Waals surface area (Å²) in [7, 11) is 1.77. The van der Waals surface area contributed by atoms with Crippen molar-refractivity contribution in [2.24, 2.45) is 11.7 Å². The molecule has 0 aromatic rings. The first-order valence-electron chi connectivity index (χ1n) is 6.48. The van der Waals surface area contributed by atoms with Crippen LogP contribution in [-0.4, -0.2) is 19.3 Å². The van der Waals surface area contributed by atoms with Crippen molar-refractivity contribution in [3.8, 4) is 0 Å². The SMILES string of the molecule is CCC1CCC(N)(CCCCOC)CC1. The van der Waals surface area contributed by atoms with Crippen molar-refractivity contribution in [1.29, 1.82) is 0 Å². The van der Waals surface area contributed by atoms with Crippen molar-refractivity contribution in [3.63, 3.8) is 0 Å². The maximum absolute atomic E-state index is 6.42. The molecule has 0 unspecified atom stereocenters. The molecule has 0 saturated heterocycles. The van der Waals surface area contributed by atoms with Gasteiger partial charge in [-0.15, -0.1) is 0 Å². The minimum absolute atomic E-state index is 0.152. The molecule has 0 aromatic carbocycles. The Morgan fingerprint density at radius 3 is 2.47 bits per heavy atom. The Bertz CT molecular complexity index is 162. The molecule has 0 aromatic heterocycles. The normalized spacial score (nSPS) is 31.8. The van der Waals surface area contributed by atoms with E-state index in [0.29, 0.717) is 0 Å². The topological polar surface area (TPSA) is 35.2 Å². The van der Waals surface area contributed by atoms with Crippen LogP contribution in [0.3, 0.4) is 0 Å². The first-order valence-corrected chi connectivity index (χ1v) is 6.48. The van der Waals surface area contributed by atoms with Gasteiger partial charge in [0.1, 0.15) is 0 Å². The molecular weight excluding hydrogens is 186 g/mol. The molecule has 0 amide bonds. The molecule has 90 valence electrons. The van der Waals surface area contributed by atoms with Gasteiger partial charge < -0.3 is 10.5 Å². The fraction of sp³-hybridized carbons (Fsp3) is 1.00. The Morgan fingerprint density at radius 1 is 1.27 bits per heavy atom. The molecule has 2 N–H and O–H groups in total. The van der Waals surface area contributed by atoms with Gasteiger partial charge in [0.25, 0.3) is 0 Å². The van der Waals surface area contributed by atoms with Crippen LogP contribution >= 0.6 is 0 Å². The highest BCUT2D eigenvalue weighted by molar-refractivity contribution is 4.89. The number of unbranched alkanes of at least 4 members (excludes halogenated alkanes) is 1. The van der Waals surface area contributed by atoms with E-state index in [4.69, 9.17) is 10.5 Å². The molecule has 1 aliphatic rings. The first kappa shape index (κ1) is 13.0. The van der Waals surface area contributed by atoms with Crippen LogP contribution in [0.15, 0.2) is 0 Å². The van der Waals surface area contributed by atoms with Crippen LogP contribution in [0.2, 0.25) is 0 Å². The number of ether oxygens (including phenoxy) is 1. The lowest BCUT2D eigenvalue weighted by Crippen LogP contribution is -2.43. The molecule has 0 spiro atoms. The van der Waals surface area contributed by atoms with Gasteiger partial charge in [-0.2, -0.15) is 0 Å². The summed E-state index contributed by atoms with van der Waals surface area (Å²) in [4.78, 5) is 0. The minimum Gasteiger partial charge on any atom is -0.385 e. The van der Waals surface area contributed by atoms with Gasteiger partial charge in [0.2, 0.25) is 0 Å². The third kappa shape index (κ3) is 4.52. The van der Waals surface area contributed by atoms with Crippen LogP contribution in [0.25, 0.3) is 0 Å². The van der Waals surface area contributed by atoms with Crippen LogP contribution in [0.1, 0.15) is 58.3 Å². The Balaban J connectivity index is 2.17. The zero-order valence-corrected chi connectivity index (χ0v) is 10.4. The lowest BCUT2D eigenvalue weighted by atomic mass is 9.74. The van der Waals surface area contributed by atoms with Gasteiger partial charge in [-0.25, -0.2) is 0 Å². The molecule has 15 heavy (non-hydrogen) atoms. The quantitative estimate of drug-likeness (QED) is 0.688. The van der Waals surface area contributed by atoms with Crippen molar-refractivity contribution in [2.75, 3.05) is 13.7 Å². The molecule has 1 aliphatic carbocycles. The zero-order chi connectivity index (χ0) is 11.1. The average molecular weight is 213 g/mol. The van der Waals surface area contributed by atoms with Crippen LogP contribution in [0.4, 0.5) is 0 Å². The van der Waals surface area contributed by atoms with Crippen molar-refractivity contribution < 1.29 is 4.74 Å². The van der Waals surface area contributed by atoms with E-state index in [1.54, 1.807) is 7.11 Å². The molecule has 0 aliphatic heterocycles. The van der Waals surface area contributed by atoms with E-state index in [2.05, 4.69) is 6.92 Å². The highest BCUT2D eigenvalue weighted by atomic mass is 16.5.